The second kappa shape index (κ2) is 7.00. The Labute approximate surface area is 163 Å². The van der Waals surface area contributed by atoms with Crippen LogP contribution in [0.1, 0.15) is 55.4 Å². The molecule has 0 aliphatic carbocycles. The largest absolute Gasteiger partial charge is 0.467 e. The van der Waals surface area contributed by atoms with Crippen LogP contribution in [0.5, 0.6) is 0 Å². The monoisotopic (exact) mass is 404 g/mol. The summed E-state index contributed by atoms with van der Waals surface area (Å²) in [5.41, 5.74) is -8.43. The van der Waals surface area contributed by atoms with Crippen molar-refractivity contribution in [1.29, 1.82) is 0 Å². The Bertz CT molecular complexity index is 700. The Morgan fingerprint density at radius 3 is 1.43 bits per heavy atom. The number of hydrogen-bond acceptors (Lipinski definition) is 10. The number of aliphatic hydroxyl groups is 1. The summed E-state index contributed by atoms with van der Waals surface area (Å²) in [5, 5.41) is 11.1. The maximum atomic E-state index is 12.7. The lowest BCUT2D eigenvalue weighted by molar-refractivity contribution is -0.437. The highest BCUT2D eigenvalue weighted by molar-refractivity contribution is 5.83. The van der Waals surface area contributed by atoms with Gasteiger partial charge in [-0.2, -0.15) is 0 Å². The van der Waals surface area contributed by atoms with Gasteiger partial charge in [0.05, 0.1) is 7.11 Å². The van der Waals surface area contributed by atoms with Crippen molar-refractivity contribution in [3.05, 3.63) is 0 Å². The second-order valence-corrected chi connectivity index (χ2v) is 7.49. The highest BCUT2D eigenvalue weighted by Crippen LogP contribution is 2.58. The molecule has 1 rings (SSSR count). The van der Waals surface area contributed by atoms with Gasteiger partial charge in [-0.25, -0.2) is 4.79 Å². The maximum absolute atomic E-state index is 12.7. The van der Waals surface area contributed by atoms with Crippen LogP contribution in [0.15, 0.2) is 0 Å². The van der Waals surface area contributed by atoms with Crippen LogP contribution >= 0.6 is 0 Å². The summed E-state index contributed by atoms with van der Waals surface area (Å²) in [4.78, 5) is 48.4. The van der Waals surface area contributed by atoms with E-state index in [-0.39, 0.29) is 0 Å². The van der Waals surface area contributed by atoms with E-state index in [1.165, 1.54) is 27.7 Å². The van der Waals surface area contributed by atoms with Gasteiger partial charge in [0.1, 0.15) is 0 Å². The molecule has 5 atom stereocenters. The maximum Gasteiger partial charge on any atom is 0.342 e. The number of carbonyl (C=O) groups is 4. The van der Waals surface area contributed by atoms with Crippen molar-refractivity contribution in [3.8, 4) is 0 Å². The van der Waals surface area contributed by atoms with Gasteiger partial charge in [-0.05, 0) is 34.6 Å². The van der Waals surface area contributed by atoms with Crippen molar-refractivity contribution in [3.63, 3.8) is 0 Å². The summed E-state index contributed by atoms with van der Waals surface area (Å²) in [6, 6.07) is 0. The van der Waals surface area contributed by atoms with Crippen LogP contribution in [-0.4, -0.2) is 64.3 Å². The predicted molar refractivity (Wildman–Crippen MR) is 92.6 cm³/mol. The molecule has 1 saturated heterocycles. The van der Waals surface area contributed by atoms with E-state index in [0.717, 1.165) is 34.8 Å². The zero-order chi connectivity index (χ0) is 22.3. The molecular weight excluding hydrogens is 376 g/mol. The van der Waals surface area contributed by atoms with Crippen molar-refractivity contribution >= 4 is 23.9 Å². The Morgan fingerprint density at radius 2 is 1.07 bits per heavy atom. The van der Waals surface area contributed by atoms with Gasteiger partial charge in [-0.3, -0.25) is 14.4 Å². The van der Waals surface area contributed by atoms with Crippen LogP contribution in [-0.2, 0) is 42.9 Å². The first-order valence-corrected chi connectivity index (χ1v) is 8.54. The fraction of sp³-hybridized carbons (Fsp3) is 0.778. The van der Waals surface area contributed by atoms with Crippen LogP contribution in [0.4, 0.5) is 0 Å². The third kappa shape index (κ3) is 3.14. The number of ether oxygens (including phenoxy) is 5. The molecule has 1 N–H and O–H groups in total. The minimum atomic E-state index is -2.37. The van der Waals surface area contributed by atoms with Crippen molar-refractivity contribution in [2.45, 2.75) is 83.6 Å². The molecule has 0 amide bonds. The van der Waals surface area contributed by atoms with Gasteiger partial charge in [-0.15, -0.1) is 0 Å². The lowest BCUT2D eigenvalue weighted by Crippen LogP contribution is -2.87. The van der Waals surface area contributed by atoms with Gasteiger partial charge >= 0.3 is 23.9 Å². The summed E-state index contributed by atoms with van der Waals surface area (Å²) < 4.78 is 26.8. The first-order chi connectivity index (χ1) is 12.4. The van der Waals surface area contributed by atoms with Crippen LogP contribution in [0.2, 0.25) is 0 Å². The predicted octanol–water partition coefficient (Wildman–Crippen LogP) is 0.622. The van der Waals surface area contributed by atoms with E-state index in [4.69, 9.17) is 23.7 Å². The molecule has 0 aromatic rings. The van der Waals surface area contributed by atoms with Crippen molar-refractivity contribution in [2.24, 2.45) is 0 Å². The molecule has 0 aromatic carbocycles. The molecule has 160 valence electrons. The van der Waals surface area contributed by atoms with Crippen molar-refractivity contribution in [2.75, 3.05) is 7.11 Å². The zero-order valence-electron chi connectivity index (χ0n) is 17.6. The molecule has 0 bridgehead atoms. The lowest BCUT2D eigenvalue weighted by Gasteiger charge is -2.65. The van der Waals surface area contributed by atoms with Crippen molar-refractivity contribution < 1.29 is 48.0 Å². The molecule has 1 heterocycles. The molecule has 1 aliphatic rings. The Morgan fingerprint density at radius 1 is 0.714 bits per heavy atom. The minimum Gasteiger partial charge on any atom is -0.467 e. The molecule has 0 aromatic heterocycles. The molecule has 0 spiro atoms. The lowest BCUT2D eigenvalue weighted by atomic mass is 9.60. The van der Waals surface area contributed by atoms with Crippen LogP contribution < -0.4 is 0 Å². The number of hydrogen-bond donors (Lipinski definition) is 1. The summed E-state index contributed by atoms with van der Waals surface area (Å²) in [6.45, 7) is 9.37. The highest BCUT2D eigenvalue weighted by atomic mass is 16.7. The van der Waals surface area contributed by atoms with Crippen LogP contribution in [0, 0.1) is 0 Å². The quantitative estimate of drug-likeness (QED) is 0.525. The third-order valence-corrected chi connectivity index (χ3v) is 5.64. The molecule has 0 radical (unpaired) electrons. The van der Waals surface area contributed by atoms with Gasteiger partial charge in [0.2, 0.25) is 17.0 Å². The van der Waals surface area contributed by atoms with E-state index in [1.807, 2.05) is 0 Å². The van der Waals surface area contributed by atoms with E-state index >= 15 is 0 Å². The molecule has 10 heteroatoms. The SMILES string of the molecule is COC(=O)[C@]1(C)O[C@](C)(O)[C@](C)(OC(C)=O)[C@](C)(OC(C)=O)[C@@]1(C)OC(C)=O. The average Bonchev–Trinajstić information content (AvgIpc) is 2.49. The topological polar surface area (TPSA) is 135 Å². The summed E-state index contributed by atoms with van der Waals surface area (Å²) >= 11 is 0. The summed E-state index contributed by atoms with van der Waals surface area (Å²) in [5.74, 6) is -5.90. The number of carbonyl (C=O) groups excluding carboxylic acids is 4. The van der Waals surface area contributed by atoms with E-state index in [0.29, 0.717) is 0 Å². The molecule has 28 heavy (non-hydrogen) atoms. The van der Waals surface area contributed by atoms with Gasteiger partial charge < -0.3 is 28.8 Å². The van der Waals surface area contributed by atoms with Crippen LogP contribution in [0.25, 0.3) is 0 Å². The smallest absolute Gasteiger partial charge is 0.342 e. The molecule has 1 aliphatic heterocycles. The van der Waals surface area contributed by atoms with Gasteiger partial charge in [0, 0.05) is 20.8 Å². The Hall–Kier alpha value is -2.20. The number of esters is 4. The first kappa shape index (κ1) is 23.8. The molecule has 0 saturated carbocycles. The van der Waals surface area contributed by atoms with E-state index < -0.39 is 52.1 Å². The molecule has 10 nitrogen and oxygen atoms in total. The summed E-state index contributed by atoms with van der Waals surface area (Å²) in [7, 11) is 1.07. The van der Waals surface area contributed by atoms with E-state index in [9.17, 15) is 24.3 Å². The molecule has 1 fully saturated rings. The third-order valence-electron chi connectivity index (χ3n) is 5.64. The average molecular weight is 404 g/mol. The van der Waals surface area contributed by atoms with Gasteiger partial charge in [0.15, 0.2) is 11.2 Å². The zero-order valence-corrected chi connectivity index (χ0v) is 17.6. The van der Waals surface area contributed by atoms with Crippen LogP contribution in [0.3, 0.4) is 0 Å². The second-order valence-electron chi connectivity index (χ2n) is 7.49. The molecular formula is C18H28O10. The number of methoxy groups -OCH3 is 1. The van der Waals surface area contributed by atoms with Gasteiger partial charge in [0.25, 0.3) is 0 Å². The van der Waals surface area contributed by atoms with Crippen molar-refractivity contribution in [1.82, 2.24) is 0 Å². The first-order valence-electron chi connectivity index (χ1n) is 8.54. The standard InChI is InChI=1S/C18H28O10/c1-10(19)25-15(5)14(4,13(22)24-9)28-18(8,23)17(7,27-12(3)21)16(15,6)26-11(2)20/h23H,1-9H3/t14-,15-,16+,17+,18-/m0/s1. The highest BCUT2D eigenvalue weighted by Gasteiger charge is 2.82. The van der Waals surface area contributed by atoms with Gasteiger partial charge in [-0.1, -0.05) is 0 Å². The Kier molecular flexibility index (Phi) is 5.96. The Balaban J connectivity index is 4.02. The van der Waals surface area contributed by atoms with E-state index in [1.54, 1.807) is 0 Å². The normalized spacial score (nSPS) is 40.2. The van der Waals surface area contributed by atoms with E-state index in [2.05, 4.69) is 0 Å². The fourth-order valence-corrected chi connectivity index (χ4v) is 3.82. The fourth-order valence-electron chi connectivity index (χ4n) is 3.82. The number of rotatable bonds is 4. The summed E-state index contributed by atoms with van der Waals surface area (Å²) in [6.07, 6.45) is 0. The minimum absolute atomic E-state index is 0.836. The molecule has 0 unspecified atom stereocenters.